The summed E-state index contributed by atoms with van der Waals surface area (Å²) in [5.74, 6) is 1.89. The zero-order valence-electron chi connectivity index (χ0n) is 12.3. The number of hydrogen-bond donors (Lipinski definition) is 1. The van der Waals surface area contributed by atoms with E-state index in [0.717, 1.165) is 18.4 Å². The van der Waals surface area contributed by atoms with Crippen molar-refractivity contribution in [2.75, 3.05) is 18.0 Å². The van der Waals surface area contributed by atoms with Gasteiger partial charge in [0.15, 0.2) is 5.13 Å². The van der Waals surface area contributed by atoms with E-state index < -0.39 is 0 Å². The van der Waals surface area contributed by atoms with Gasteiger partial charge in [-0.15, -0.1) is 11.3 Å². The summed E-state index contributed by atoms with van der Waals surface area (Å²) in [7, 11) is 0. The molecule has 1 N–H and O–H groups in total. The van der Waals surface area contributed by atoms with Gasteiger partial charge in [-0.3, -0.25) is 0 Å². The molecular formula is C15H25N3S. The van der Waals surface area contributed by atoms with Gasteiger partial charge in [0, 0.05) is 36.2 Å². The molecule has 19 heavy (non-hydrogen) atoms. The van der Waals surface area contributed by atoms with Gasteiger partial charge in [-0.1, -0.05) is 6.42 Å². The van der Waals surface area contributed by atoms with Gasteiger partial charge in [-0.05, 0) is 45.4 Å². The van der Waals surface area contributed by atoms with Crippen molar-refractivity contribution in [3.63, 3.8) is 0 Å². The fourth-order valence-corrected chi connectivity index (χ4v) is 4.14. The van der Waals surface area contributed by atoms with Crippen LogP contribution in [0.5, 0.6) is 0 Å². The number of rotatable bonds is 3. The molecule has 2 aliphatic rings. The summed E-state index contributed by atoms with van der Waals surface area (Å²) in [4.78, 5) is 8.49. The van der Waals surface area contributed by atoms with Crippen LogP contribution in [0, 0.1) is 11.8 Å². The van der Waals surface area contributed by atoms with Crippen LogP contribution in [-0.4, -0.2) is 23.6 Å². The van der Waals surface area contributed by atoms with Gasteiger partial charge in [0.05, 0.1) is 0 Å². The molecule has 106 valence electrons. The van der Waals surface area contributed by atoms with Crippen molar-refractivity contribution in [1.29, 1.82) is 0 Å². The lowest BCUT2D eigenvalue weighted by Gasteiger charge is -2.19. The summed E-state index contributed by atoms with van der Waals surface area (Å²) in [5, 5.41) is 4.77. The lowest BCUT2D eigenvalue weighted by Crippen LogP contribution is -2.34. The van der Waals surface area contributed by atoms with Crippen LogP contribution in [0.15, 0.2) is 6.20 Å². The van der Waals surface area contributed by atoms with Gasteiger partial charge in [0.2, 0.25) is 0 Å². The number of thiazole rings is 1. The molecule has 4 heteroatoms. The summed E-state index contributed by atoms with van der Waals surface area (Å²) in [6.07, 6.45) is 6.37. The standard InChI is InChI=1S/C15H25N3S/c1-15(2,3)17-8-13-7-16-14(19-13)18-9-11-5-4-6-12(11)10-18/h7,11-12,17H,4-6,8-10H2,1-3H3. The Morgan fingerprint density at radius 3 is 2.63 bits per heavy atom. The first kappa shape index (κ1) is 13.4. The SMILES string of the molecule is CC(C)(C)NCc1cnc(N2CC3CCCC3C2)s1. The van der Waals surface area contributed by atoms with Crippen molar-refractivity contribution >= 4 is 16.5 Å². The third-order valence-electron chi connectivity index (χ3n) is 4.33. The molecule has 3 nitrogen and oxygen atoms in total. The second-order valence-electron chi connectivity index (χ2n) is 7.07. The summed E-state index contributed by atoms with van der Waals surface area (Å²) in [6.45, 7) is 10.0. The van der Waals surface area contributed by atoms with Crippen molar-refractivity contribution in [3.05, 3.63) is 11.1 Å². The van der Waals surface area contributed by atoms with Crippen LogP contribution in [-0.2, 0) is 6.54 Å². The summed E-state index contributed by atoms with van der Waals surface area (Å²) in [6, 6.07) is 0. The van der Waals surface area contributed by atoms with E-state index in [1.165, 1.54) is 42.4 Å². The van der Waals surface area contributed by atoms with Crippen LogP contribution < -0.4 is 10.2 Å². The molecule has 0 bridgehead atoms. The van der Waals surface area contributed by atoms with Gasteiger partial charge in [-0.2, -0.15) is 0 Å². The zero-order valence-corrected chi connectivity index (χ0v) is 13.1. The van der Waals surface area contributed by atoms with E-state index in [-0.39, 0.29) is 5.54 Å². The third-order valence-corrected chi connectivity index (χ3v) is 5.39. The third kappa shape index (κ3) is 3.11. The molecule has 1 aromatic heterocycles. The molecule has 3 rings (SSSR count). The van der Waals surface area contributed by atoms with Crippen LogP contribution in [0.2, 0.25) is 0 Å². The molecule has 0 amide bonds. The molecule has 2 unspecified atom stereocenters. The van der Waals surface area contributed by atoms with Crippen LogP contribution >= 0.6 is 11.3 Å². The lowest BCUT2D eigenvalue weighted by molar-refractivity contribution is 0.426. The summed E-state index contributed by atoms with van der Waals surface area (Å²) < 4.78 is 0. The van der Waals surface area contributed by atoms with Gasteiger partial charge in [-0.25, -0.2) is 4.98 Å². The minimum Gasteiger partial charge on any atom is -0.348 e. The largest absolute Gasteiger partial charge is 0.348 e. The van der Waals surface area contributed by atoms with Gasteiger partial charge in [0.25, 0.3) is 0 Å². The van der Waals surface area contributed by atoms with E-state index in [2.05, 4.69) is 36.0 Å². The lowest BCUT2D eigenvalue weighted by atomic mass is 10.0. The van der Waals surface area contributed by atoms with E-state index in [9.17, 15) is 0 Å². The highest BCUT2D eigenvalue weighted by atomic mass is 32.1. The predicted octanol–water partition coefficient (Wildman–Crippen LogP) is 3.27. The minimum absolute atomic E-state index is 0.175. The number of nitrogens with one attached hydrogen (secondary N) is 1. The maximum atomic E-state index is 4.63. The Balaban J connectivity index is 1.59. The first-order chi connectivity index (χ1) is 9.01. The molecule has 1 aromatic rings. The highest BCUT2D eigenvalue weighted by molar-refractivity contribution is 7.15. The normalized spacial score (nSPS) is 27.0. The van der Waals surface area contributed by atoms with E-state index >= 15 is 0 Å². The Hall–Kier alpha value is -0.610. The maximum absolute atomic E-state index is 4.63. The van der Waals surface area contributed by atoms with Crippen LogP contribution in [0.25, 0.3) is 0 Å². The Bertz CT molecular complexity index is 423. The Morgan fingerprint density at radius 1 is 1.32 bits per heavy atom. The highest BCUT2D eigenvalue weighted by Gasteiger charge is 2.36. The van der Waals surface area contributed by atoms with E-state index in [0.29, 0.717) is 0 Å². The smallest absolute Gasteiger partial charge is 0.185 e. The Kier molecular flexibility index (Phi) is 3.56. The van der Waals surface area contributed by atoms with Crippen LogP contribution in [0.4, 0.5) is 5.13 Å². The molecule has 1 aliphatic carbocycles. The van der Waals surface area contributed by atoms with Gasteiger partial charge < -0.3 is 10.2 Å². The van der Waals surface area contributed by atoms with Gasteiger partial charge >= 0.3 is 0 Å². The van der Waals surface area contributed by atoms with E-state index in [1.807, 2.05) is 17.5 Å². The number of nitrogens with zero attached hydrogens (tertiary/aromatic N) is 2. The number of fused-ring (bicyclic) bond motifs is 1. The molecule has 2 atom stereocenters. The highest BCUT2D eigenvalue weighted by Crippen LogP contribution is 2.40. The van der Waals surface area contributed by atoms with Crippen molar-refractivity contribution in [3.8, 4) is 0 Å². The first-order valence-corrected chi connectivity index (χ1v) is 8.27. The molecule has 2 fully saturated rings. The molecule has 0 aromatic carbocycles. The van der Waals surface area contributed by atoms with Gasteiger partial charge in [0.1, 0.15) is 0 Å². The summed E-state index contributed by atoms with van der Waals surface area (Å²) >= 11 is 1.86. The topological polar surface area (TPSA) is 28.2 Å². The van der Waals surface area contributed by atoms with E-state index in [4.69, 9.17) is 0 Å². The van der Waals surface area contributed by atoms with Crippen molar-refractivity contribution in [1.82, 2.24) is 10.3 Å². The average Bonchev–Trinajstić information content (AvgIpc) is 2.99. The molecule has 1 saturated heterocycles. The number of anilines is 1. The molecule has 1 saturated carbocycles. The second-order valence-corrected chi connectivity index (χ2v) is 8.16. The molecule has 2 heterocycles. The Morgan fingerprint density at radius 2 is 2.00 bits per heavy atom. The first-order valence-electron chi connectivity index (χ1n) is 7.46. The molecule has 0 radical (unpaired) electrons. The number of hydrogen-bond acceptors (Lipinski definition) is 4. The quantitative estimate of drug-likeness (QED) is 0.920. The average molecular weight is 279 g/mol. The van der Waals surface area contributed by atoms with Crippen molar-refractivity contribution in [2.24, 2.45) is 11.8 Å². The zero-order chi connectivity index (χ0) is 13.5. The number of aromatic nitrogens is 1. The monoisotopic (exact) mass is 279 g/mol. The summed E-state index contributed by atoms with van der Waals surface area (Å²) in [5.41, 5.74) is 0.175. The molecular weight excluding hydrogens is 254 g/mol. The van der Waals surface area contributed by atoms with Crippen LogP contribution in [0.3, 0.4) is 0 Å². The van der Waals surface area contributed by atoms with Crippen LogP contribution in [0.1, 0.15) is 44.9 Å². The molecule has 0 spiro atoms. The maximum Gasteiger partial charge on any atom is 0.185 e. The fourth-order valence-electron chi connectivity index (χ4n) is 3.27. The predicted molar refractivity (Wildman–Crippen MR) is 81.8 cm³/mol. The minimum atomic E-state index is 0.175. The Labute approximate surface area is 120 Å². The van der Waals surface area contributed by atoms with Crippen molar-refractivity contribution < 1.29 is 0 Å². The fraction of sp³-hybridized carbons (Fsp3) is 0.800. The van der Waals surface area contributed by atoms with E-state index in [1.54, 1.807) is 0 Å². The second kappa shape index (κ2) is 5.06. The molecule has 1 aliphatic heterocycles. The van der Waals surface area contributed by atoms with Crippen molar-refractivity contribution in [2.45, 2.75) is 52.1 Å².